The van der Waals surface area contributed by atoms with Crippen LogP contribution in [0.3, 0.4) is 0 Å². The number of hydrogen-bond donors (Lipinski definition) is 1. The monoisotopic (exact) mass is 411 g/mol. The fraction of sp³-hybridized carbons (Fsp3) is 0.375. The zero-order chi connectivity index (χ0) is 21.7. The van der Waals surface area contributed by atoms with Crippen LogP contribution in [0, 0.1) is 5.82 Å². The van der Waals surface area contributed by atoms with Gasteiger partial charge in [-0.05, 0) is 63.6 Å². The maximum atomic E-state index is 13.4. The van der Waals surface area contributed by atoms with E-state index in [1.807, 2.05) is 30.3 Å². The van der Waals surface area contributed by atoms with Gasteiger partial charge >= 0.3 is 0 Å². The van der Waals surface area contributed by atoms with Gasteiger partial charge in [-0.2, -0.15) is 5.10 Å². The molecule has 0 saturated carbocycles. The molecule has 0 amide bonds. The van der Waals surface area contributed by atoms with Crippen molar-refractivity contribution in [3.05, 3.63) is 71.7 Å². The lowest BCUT2D eigenvalue weighted by molar-refractivity contribution is 0.102. The van der Waals surface area contributed by atoms with Crippen molar-refractivity contribution < 1.29 is 14.2 Å². The predicted molar refractivity (Wildman–Crippen MR) is 117 cm³/mol. The Morgan fingerprint density at radius 3 is 2.30 bits per heavy atom. The molecule has 0 aliphatic rings. The van der Waals surface area contributed by atoms with E-state index in [0.717, 1.165) is 23.4 Å². The third-order valence-electron chi connectivity index (χ3n) is 4.97. The standard InChI is InChI=1S/C24H30FN3O2/c1-5-23-22(16-27(17(2)3)15-18(4)29)24(30-21-13-11-19(25)12-14-21)28(26-23)20-9-7-6-8-10-20/h6-14,17-18,29H,5,15-16H2,1-4H3. The van der Waals surface area contributed by atoms with Crippen LogP contribution in [0.1, 0.15) is 39.0 Å². The number of para-hydroxylation sites is 1. The smallest absolute Gasteiger partial charge is 0.227 e. The van der Waals surface area contributed by atoms with Gasteiger partial charge in [0, 0.05) is 19.1 Å². The molecule has 6 heteroatoms. The third-order valence-corrected chi connectivity index (χ3v) is 4.97. The minimum absolute atomic E-state index is 0.239. The van der Waals surface area contributed by atoms with Crippen molar-refractivity contribution in [1.82, 2.24) is 14.7 Å². The molecule has 0 aliphatic carbocycles. The van der Waals surface area contributed by atoms with Gasteiger partial charge in [-0.25, -0.2) is 9.07 Å². The van der Waals surface area contributed by atoms with Crippen molar-refractivity contribution in [2.75, 3.05) is 6.54 Å². The largest absolute Gasteiger partial charge is 0.439 e. The predicted octanol–water partition coefficient (Wildman–Crippen LogP) is 4.96. The van der Waals surface area contributed by atoms with Crippen molar-refractivity contribution >= 4 is 0 Å². The molecule has 0 aliphatic heterocycles. The maximum Gasteiger partial charge on any atom is 0.227 e. The van der Waals surface area contributed by atoms with Crippen LogP contribution < -0.4 is 4.74 Å². The molecule has 0 radical (unpaired) electrons. The van der Waals surface area contributed by atoms with E-state index < -0.39 is 6.10 Å². The molecule has 30 heavy (non-hydrogen) atoms. The minimum atomic E-state index is -0.442. The van der Waals surface area contributed by atoms with E-state index >= 15 is 0 Å². The summed E-state index contributed by atoms with van der Waals surface area (Å²) in [4.78, 5) is 2.20. The first kappa shape index (κ1) is 22.0. The highest BCUT2D eigenvalue weighted by atomic mass is 19.1. The Kier molecular flexibility index (Phi) is 7.24. The first-order valence-electron chi connectivity index (χ1n) is 10.4. The van der Waals surface area contributed by atoms with E-state index in [-0.39, 0.29) is 11.9 Å². The average molecular weight is 412 g/mol. The quantitative estimate of drug-likeness (QED) is 0.541. The summed E-state index contributed by atoms with van der Waals surface area (Å²) in [5.41, 5.74) is 2.80. The van der Waals surface area contributed by atoms with Gasteiger partial charge in [0.2, 0.25) is 5.88 Å². The van der Waals surface area contributed by atoms with Crippen LogP contribution in [0.2, 0.25) is 0 Å². The first-order chi connectivity index (χ1) is 14.4. The Hall–Kier alpha value is -2.70. The molecule has 1 unspecified atom stereocenters. The average Bonchev–Trinajstić information content (AvgIpc) is 3.06. The van der Waals surface area contributed by atoms with E-state index in [1.165, 1.54) is 12.1 Å². The molecule has 0 fully saturated rings. The number of aliphatic hydroxyl groups is 1. The van der Waals surface area contributed by atoms with Crippen LogP contribution in [-0.2, 0) is 13.0 Å². The molecule has 0 saturated heterocycles. The topological polar surface area (TPSA) is 50.5 Å². The van der Waals surface area contributed by atoms with E-state index in [4.69, 9.17) is 9.84 Å². The molecule has 5 nitrogen and oxygen atoms in total. The molecule has 3 aromatic rings. The summed E-state index contributed by atoms with van der Waals surface area (Å²) >= 11 is 0. The summed E-state index contributed by atoms with van der Waals surface area (Å²) in [6.45, 7) is 9.21. The molecule has 1 N–H and O–H groups in total. The normalized spacial score (nSPS) is 12.5. The van der Waals surface area contributed by atoms with Crippen molar-refractivity contribution in [3.8, 4) is 17.3 Å². The molecular weight excluding hydrogens is 381 g/mol. The molecule has 1 heterocycles. The number of benzene rings is 2. The SMILES string of the molecule is CCc1nn(-c2ccccc2)c(Oc2ccc(F)cc2)c1CN(CC(C)O)C(C)C. The molecule has 0 bridgehead atoms. The summed E-state index contributed by atoms with van der Waals surface area (Å²) in [7, 11) is 0. The van der Waals surface area contributed by atoms with Gasteiger partial charge in [-0.3, -0.25) is 4.90 Å². The van der Waals surface area contributed by atoms with E-state index in [9.17, 15) is 9.50 Å². The number of aryl methyl sites for hydroxylation is 1. The van der Waals surface area contributed by atoms with Crippen LogP contribution >= 0.6 is 0 Å². The number of aromatic nitrogens is 2. The number of nitrogens with zero attached hydrogens (tertiary/aromatic N) is 3. The molecule has 2 aromatic carbocycles. The number of ether oxygens (including phenoxy) is 1. The highest BCUT2D eigenvalue weighted by Crippen LogP contribution is 2.32. The van der Waals surface area contributed by atoms with Gasteiger partial charge in [-0.1, -0.05) is 25.1 Å². The van der Waals surface area contributed by atoms with Gasteiger partial charge in [-0.15, -0.1) is 0 Å². The van der Waals surface area contributed by atoms with Gasteiger partial charge < -0.3 is 9.84 Å². The van der Waals surface area contributed by atoms with Crippen LogP contribution in [-0.4, -0.2) is 38.5 Å². The van der Waals surface area contributed by atoms with Gasteiger partial charge in [0.25, 0.3) is 0 Å². The lowest BCUT2D eigenvalue weighted by Crippen LogP contribution is -2.36. The summed E-state index contributed by atoms with van der Waals surface area (Å²) in [5, 5.41) is 14.8. The van der Waals surface area contributed by atoms with Crippen LogP contribution in [0.4, 0.5) is 4.39 Å². The Bertz CT molecular complexity index is 937. The number of hydrogen-bond acceptors (Lipinski definition) is 4. The second-order valence-electron chi connectivity index (χ2n) is 7.76. The number of rotatable bonds is 9. The Labute approximate surface area is 177 Å². The lowest BCUT2D eigenvalue weighted by Gasteiger charge is -2.28. The highest BCUT2D eigenvalue weighted by Gasteiger charge is 2.24. The van der Waals surface area contributed by atoms with Crippen LogP contribution in [0.15, 0.2) is 54.6 Å². The fourth-order valence-electron chi connectivity index (χ4n) is 3.38. The van der Waals surface area contributed by atoms with Crippen molar-refractivity contribution in [3.63, 3.8) is 0 Å². The van der Waals surface area contributed by atoms with Gasteiger partial charge in [0.15, 0.2) is 0 Å². The van der Waals surface area contributed by atoms with E-state index in [1.54, 1.807) is 23.7 Å². The van der Waals surface area contributed by atoms with Gasteiger partial charge in [0.1, 0.15) is 11.6 Å². The van der Waals surface area contributed by atoms with Gasteiger partial charge in [0.05, 0.1) is 23.0 Å². The lowest BCUT2D eigenvalue weighted by atomic mass is 10.1. The maximum absolute atomic E-state index is 13.4. The first-order valence-corrected chi connectivity index (χ1v) is 10.4. The Morgan fingerprint density at radius 1 is 1.07 bits per heavy atom. The summed E-state index contributed by atoms with van der Waals surface area (Å²) in [6.07, 6.45) is 0.304. The zero-order valence-electron chi connectivity index (χ0n) is 18.0. The second kappa shape index (κ2) is 9.87. The minimum Gasteiger partial charge on any atom is -0.439 e. The molecular formula is C24H30FN3O2. The van der Waals surface area contributed by atoms with Crippen molar-refractivity contribution in [1.29, 1.82) is 0 Å². The molecule has 160 valence electrons. The van der Waals surface area contributed by atoms with E-state index in [0.29, 0.717) is 24.7 Å². The molecule has 1 aromatic heterocycles. The summed E-state index contributed by atoms with van der Waals surface area (Å²) < 4.78 is 21.5. The summed E-state index contributed by atoms with van der Waals surface area (Å²) in [6, 6.07) is 16.1. The highest BCUT2D eigenvalue weighted by molar-refractivity contribution is 5.43. The second-order valence-corrected chi connectivity index (χ2v) is 7.76. The summed E-state index contributed by atoms with van der Waals surface area (Å²) in [5.74, 6) is 0.848. The van der Waals surface area contributed by atoms with Crippen molar-refractivity contribution in [2.24, 2.45) is 0 Å². The number of aliphatic hydroxyl groups excluding tert-OH is 1. The Balaban J connectivity index is 2.08. The van der Waals surface area contributed by atoms with Crippen LogP contribution in [0.5, 0.6) is 11.6 Å². The van der Waals surface area contributed by atoms with Crippen LogP contribution in [0.25, 0.3) is 5.69 Å². The number of halogens is 1. The Morgan fingerprint density at radius 2 is 1.73 bits per heavy atom. The fourth-order valence-corrected chi connectivity index (χ4v) is 3.38. The van der Waals surface area contributed by atoms with Crippen molar-refractivity contribution in [2.45, 2.75) is 52.8 Å². The molecule has 1 atom stereocenters. The molecule has 3 rings (SSSR count). The third kappa shape index (κ3) is 5.26. The molecule has 0 spiro atoms. The van der Waals surface area contributed by atoms with E-state index in [2.05, 4.69) is 25.7 Å². The zero-order valence-corrected chi connectivity index (χ0v) is 18.0.